The summed E-state index contributed by atoms with van der Waals surface area (Å²) in [7, 11) is 0. The van der Waals surface area contributed by atoms with Crippen LogP contribution in [0.1, 0.15) is 30.9 Å². The summed E-state index contributed by atoms with van der Waals surface area (Å²) in [5, 5.41) is 2.80. The highest BCUT2D eigenvalue weighted by molar-refractivity contribution is 7.81. The molecule has 16 heavy (non-hydrogen) atoms. The highest BCUT2D eigenvalue weighted by Gasteiger charge is 2.00. The van der Waals surface area contributed by atoms with Crippen molar-refractivity contribution in [2.24, 2.45) is 0 Å². The molecule has 0 aliphatic rings. The Labute approximate surface area is 103 Å². The Morgan fingerprint density at radius 1 is 1.31 bits per heavy atom. The number of nitrogens with one attached hydrogen (secondary N) is 1. The number of hydrogen-bond donors (Lipinski definition) is 2. The van der Waals surface area contributed by atoms with Crippen molar-refractivity contribution < 1.29 is 4.79 Å². The maximum absolute atomic E-state index is 11.0. The van der Waals surface area contributed by atoms with Crippen LogP contribution in [-0.4, -0.2) is 18.2 Å². The third-order valence-corrected chi connectivity index (χ3v) is 2.81. The van der Waals surface area contributed by atoms with Gasteiger partial charge in [-0.1, -0.05) is 38.1 Å². The van der Waals surface area contributed by atoms with Gasteiger partial charge in [-0.15, -0.1) is 0 Å². The van der Waals surface area contributed by atoms with Crippen molar-refractivity contribution >= 4 is 18.5 Å². The van der Waals surface area contributed by atoms with E-state index in [2.05, 4.69) is 56.1 Å². The minimum Gasteiger partial charge on any atom is -0.355 e. The van der Waals surface area contributed by atoms with Gasteiger partial charge in [0.15, 0.2) is 0 Å². The third kappa shape index (κ3) is 4.27. The summed E-state index contributed by atoms with van der Waals surface area (Å²) in [6.45, 7) is 5.05. The van der Waals surface area contributed by atoms with Crippen LogP contribution in [0.5, 0.6) is 0 Å². The van der Waals surface area contributed by atoms with E-state index in [1.54, 1.807) is 0 Å². The number of carbonyl (C=O) groups is 1. The molecule has 0 atom stereocenters. The van der Waals surface area contributed by atoms with Crippen molar-refractivity contribution in [1.29, 1.82) is 0 Å². The average Bonchev–Trinajstić information content (AvgIpc) is 2.29. The van der Waals surface area contributed by atoms with Crippen molar-refractivity contribution in [3.05, 3.63) is 35.4 Å². The summed E-state index contributed by atoms with van der Waals surface area (Å²) in [5.74, 6) is 0.812. The first-order chi connectivity index (χ1) is 7.63. The first kappa shape index (κ1) is 13.1. The molecule has 0 saturated carbocycles. The van der Waals surface area contributed by atoms with Gasteiger partial charge < -0.3 is 5.32 Å². The third-order valence-electron chi connectivity index (χ3n) is 2.53. The van der Waals surface area contributed by atoms with Crippen molar-refractivity contribution in [1.82, 2.24) is 5.32 Å². The van der Waals surface area contributed by atoms with Crippen LogP contribution in [0.25, 0.3) is 0 Å². The molecule has 0 aromatic heterocycles. The van der Waals surface area contributed by atoms with Crippen LogP contribution in [0.3, 0.4) is 0 Å². The largest absolute Gasteiger partial charge is 0.355 e. The Balaban J connectivity index is 2.40. The van der Waals surface area contributed by atoms with E-state index in [1.807, 2.05) is 0 Å². The number of carbonyl (C=O) groups excluding carboxylic acids is 1. The second kappa shape index (κ2) is 6.59. The predicted molar refractivity (Wildman–Crippen MR) is 71.1 cm³/mol. The van der Waals surface area contributed by atoms with E-state index in [1.165, 1.54) is 11.1 Å². The number of amides is 1. The highest BCUT2D eigenvalue weighted by Crippen LogP contribution is 2.14. The first-order valence-corrected chi connectivity index (χ1v) is 6.23. The smallest absolute Gasteiger partial charge is 0.229 e. The molecule has 1 aromatic rings. The lowest BCUT2D eigenvalue weighted by Gasteiger charge is -2.07. The fraction of sp³-hybridized carbons (Fsp3) is 0.462. The Morgan fingerprint density at radius 2 is 1.94 bits per heavy atom. The molecule has 0 aliphatic heterocycles. The summed E-state index contributed by atoms with van der Waals surface area (Å²) < 4.78 is 0. The molecular weight excluding hydrogens is 218 g/mol. The van der Waals surface area contributed by atoms with Crippen molar-refractivity contribution in [3.8, 4) is 0 Å². The van der Waals surface area contributed by atoms with Crippen LogP contribution in [-0.2, 0) is 11.2 Å². The molecule has 88 valence electrons. The van der Waals surface area contributed by atoms with E-state index >= 15 is 0 Å². The summed E-state index contributed by atoms with van der Waals surface area (Å²) in [6, 6.07) is 8.56. The molecule has 1 rings (SSSR count). The van der Waals surface area contributed by atoms with Gasteiger partial charge >= 0.3 is 0 Å². The normalized spacial score (nSPS) is 10.5. The van der Waals surface area contributed by atoms with Gasteiger partial charge in [-0.25, -0.2) is 0 Å². The summed E-state index contributed by atoms with van der Waals surface area (Å²) in [5.41, 5.74) is 2.60. The number of thiol groups is 1. The molecule has 0 bridgehead atoms. The zero-order chi connectivity index (χ0) is 12.0. The minimum absolute atomic E-state index is 0.0119. The van der Waals surface area contributed by atoms with Gasteiger partial charge in [0.05, 0.1) is 5.75 Å². The lowest BCUT2D eigenvalue weighted by atomic mass is 10.0. The van der Waals surface area contributed by atoms with E-state index < -0.39 is 0 Å². The first-order valence-electron chi connectivity index (χ1n) is 5.60. The van der Waals surface area contributed by atoms with E-state index in [-0.39, 0.29) is 11.7 Å². The van der Waals surface area contributed by atoms with Crippen LogP contribution in [0.2, 0.25) is 0 Å². The zero-order valence-corrected chi connectivity index (χ0v) is 10.8. The van der Waals surface area contributed by atoms with Crippen molar-refractivity contribution in [2.45, 2.75) is 26.2 Å². The highest BCUT2D eigenvalue weighted by atomic mass is 32.1. The fourth-order valence-electron chi connectivity index (χ4n) is 1.47. The molecule has 2 nitrogen and oxygen atoms in total. The molecule has 0 spiro atoms. The maximum Gasteiger partial charge on any atom is 0.229 e. The Kier molecular flexibility index (Phi) is 5.39. The molecule has 1 amide bonds. The molecule has 1 aromatic carbocycles. The lowest BCUT2D eigenvalue weighted by molar-refractivity contribution is -0.118. The molecule has 0 aliphatic carbocycles. The lowest BCUT2D eigenvalue weighted by Crippen LogP contribution is -2.26. The predicted octanol–water partition coefficient (Wildman–Crippen LogP) is 2.40. The SMILES string of the molecule is CC(C)c1ccc(CCNC(=O)CS)cc1. The van der Waals surface area contributed by atoms with Crippen LogP contribution in [0, 0.1) is 0 Å². The Bertz CT molecular complexity index is 332. The molecule has 1 N–H and O–H groups in total. The van der Waals surface area contributed by atoms with E-state index in [4.69, 9.17) is 0 Å². The molecule has 0 radical (unpaired) electrons. The molecular formula is C13H19NOS. The minimum atomic E-state index is -0.0119. The average molecular weight is 237 g/mol. The summed E-state index contributed by atoms with van der Waals surface area (Å²) in [4.78, 5) is 11.0. The Morgan fingerprint density at radius 3 is 2.44 bits per heavy atom. The fourth-order valence-corrected chi connectivity index (χ4v) is 1.58. The quantitative estimate of drug-likeness (QED) is 0.757. The molecule has 0 saturated heterocycles. The second-order valence-electron chi connectivity index (χ2n) is 4.15. The van der Waals surface area contributed by atoms with Gasteiger partial charge in [-0.2, -0.15) is 12.6 Å². The molecule has 0 heterocycles. The number of rotatable bonds is 5. The topological polar surface area (TPSA) is 29.1 Å². The molecule has 0 fully saturated rings. The monoisotopic (exact) mass is 237 g/mol. The van der Waals surface area contributed by atoms with Crippen molar-refractivity contribution in [2.75, 3.05) is 12.3 Å². The van der Waals surface area contributed by atoms with Gasteiger partial charge in [0.1, 0.15) is 0 Å². The van der Waals surface area contributed by atoms with Crippen molar-refractivity contribution in [3.63, 3.8) is 0 Å². The molecule has 0 unspecified atom stereocenters. The number of benzene rings is 1. The van der Waals surface area contributed by atoms with Crippen LogP contribution in [0.15, 0.2) is 24.3 Å². The van der Waals surface area contributed by atoms with Crippen LogP contribution in [0.4, 0.5) is 0 Å². The standard InChI is InChI=1S/C13H19NOS/c1-10(2)12-5-3-11(4-6-12)7-8-14-13(15)9-16/h3-6,10,16H,7-9H2,1-2H3,(H,14,15). The van der Waals surface area contributed by atoms with Crippen LogP contribution >= 0.6 is 12.6 Å². The van der Waals surface area contributed by atoms with Gasteiger partial charge in [0.2, 0.25) is 5.91 Å². The number of hydrogen-bond acceptors (Lipinski definition) is 2. The second-order valence-corrected chi connectivity index (χ2v) is 4.47. The summed E-state index contributed by atoms with van der Waals surface area (Å²) in [6.07, 6.45) is 0.873. The summed E-state index contributed by atoms with van der Waals surface area (Å²) >= 11 is 3.90. The van der Waals surface area contributed by atoms with Gasteiger partial charge in [0.25, 0.3) is 0 Å². The van der Waals surface area contributed by atoms with Crippen LogP contribution < -0.4 is 5.32 Å². The van der Waals surface area contributed by atoms with Gasteiger partial charge in [-0.05, 0) is 23.5 Å². The zero-order valence-electron chi connectivity index (χ0n) is 9.86. The van der Waals surface area contributed by atoms with E-state index in [0.717, 1.165) is 6.42 Å². The maximum atomic E-state index is 11.0. The van der Waals surface area contributed by atoms with Gasteiger partial charge in [-0.3, -0.25) is 4.79 Å². The van der Waals surface area contributed by atoms with E-state index in [0.29, 0.717) is 12.5 Å². The van der Waals surface area contributed by atoms with E-state index in [9.17, 15) is 4.79 Å². The molecule has 3 heteroatoms. The van der Waals surface area contributed by atoms with Gasteiger partial charge in [0, 0.05) is 6.54 Å². The Hall–Kier alpha value is -0.960.